The molecule has 31 heavy (non-hydrogen) atoms. The Balaban J connectivity index is 1.46. The Morgan fingerprint density at radius 1 is 1.16 bits per heavy atom. The van der Waals surface area contributed by atoms with Crippen molar-refractivity contribution in [2.45, 2.75) is 37.1 Å². The number of hydrogen-bond acceptors (Lipinski definition) is 5. The number of benzene rings is 2. The van der Waals surface area contributed by atoms with E-state index in [0.717, 1.165) is 25.9 Å². The van der Waals surface area contributed by atoms with E-state index < -0.39 is 0 Å². The Kier molecular flexibility index (Phi) is 7.32. The summed E-state index contributed by atoms with van der Waals surface area (Å²) < 4.78 is 21.9. The summed E-state index contributed by atoms with van der Waals surface area (Å²) in [5.74, 6) is 0.261. The van der Waals surface area contributed by atoms with Crippen molar-refractivity contribution >= 4 is 17.7 Å². The number of halogens is 1. The smallest absolute Gasteiger partial charge is 0.230 e. The molecular weight excluding hydrogens is 415 g/mol. The monoisotopic (exact) mass is 440 g/mol. The van der Waals surface area contributed by atoms with E-state index in [-0.39, 0.29) is 23.6 Å². The van der Waals surface area contributed by atoms with Gasteiger partial charge < -0.3 is 14.6 Å². The molecule has 6 nitrogen and oxygen atoms in total. The summed E-state index contributed by atoms with van der Waals surface area (Å²) in [5.41, 5.74) is 1.57. The highest BCUT2D eigenvalue weighted by atomic mass is 32.2. The van der Waals surface area contributed by atoms with Crippen LogP contribution in [0.25, 0.3) is 11.4 Å². The van der Waals surface area contributed by atoms with Gasteiger partial charge in [0.15, 0.2) is 11.0 Å². The summed E-state index contributed by atoms with van der Waals surface area (Å²) in [5, 5.41) is 12.0. The standard InChI is InChI=1S/C23H25FN4O2S/c24-20-11-5-4-10-19(20)22-26-27-23(28(22)13-12-17-7-2-1-3-8-17)31-16-21(29)25-15-18-9-6-14-30-18/h1-5,7-8,10-11,18H,6,9,12-16H2,(H,25,29)/t18-/m1/s1. The average molecular weight is 441 g/mol. The van der Waals surface area contributed by atoms with Gasteiger partial charge in [0.25, 0.3) is 0 Å². The van der Waals surface area contributed by atoms with Crippen molar-refractivity contribution < 1.29 is 13.9 Å². The molecule has 0 aliphatic carbocycles. The maximum absolute atomic E-state index is 14.4. The molecule has 0 saturated carbocycles. The molecule has 0 spiro atoms. The molecule has 1 aliphatic rings. The Bertz CT molecular complexity index is 1010. The molecule has 4 rings (SSSR count). The molecule has 1 atom stereocenters. The molecule has 1 aliphatic heterocycles. The number of aromatic nitrogens is 3. The fraction of sp³-hybridized carbons (Fsp3) is 0.348. The van der Waals surface area contributed by atoms with Crippen molar-refractivity contribution in [2.24, 2.45) is 0 Å². The number of amides is 1. The van der Waals surface area contributed by atoms with E-state index in [1.807, 2.05) is 22.8 Å². The number of nitrogens with zero attached hydrogens (tertiary/aromatic N) is 3. The Hall–Kier alpha value is -2.71. The van der Waals surface area contributed by atoms with Gasteiger partial charge in [-0.1, -0.05) is 54.2 Å². The molecular formula is C23H25FN4O2S. The number of aryl methyl sites for hydroxylation is 1. The average Bonchev–Trinajstić information content (AvgIpc) is 3.46. The lowest BCUT2D eigenvalue weighted by molar-refractivity contribution is -0.119. The number of carbonyl (C=O) groups excluding carboxylic acids is 1. The van der Waals surface area contributed by atoms with E-state index >= 15 is 0 Å². The van der Waals surface area contributed by atoms with Gasteiger partial charge >= 0.3 is 0 Å². The molecule has 1 aromatic heterocycles. The zero-order chi connectivity index (χ0) is 21.5. The Labute approximate surface area is 185 Å². The number of nitrogens with one attached hydrogen (secondary N) is 1. The molecule has 1 N–H and O–H groups in total. The second-order valence-electron chi connectivity index (χ2n) is 7.40. The van der Waals surface area contributed by atoms with Crippen LogP contribution in [0.1, 0.15) is 18.4 Å². The van der Waals surface area contributed by atoms with Crippen molar-refractivity contribution in [3.05, 3.63) is 66.0 Å². The summed E-state index contributed by atoms with van der Waals surface area (Å²) in [6, 6.07) is 16.6. The van der Waals surface area contributed by atoms with Gasteiger partial charge in [-0.3, -0.25) is 4.79 Å². The lowest BCUT2D eigenvalue weighted by Gasteiger charge is -2.12. The van der Waals surface area contributed by atoms with Crippen molar-refractivity contribution in [1.82, 2.24) is 20.1 Å². The van der Waals surface area contributed by atoms with Gasteiger partial charge in [0.05, 0.1) is 17.4 Å². The van der Waals surface area contributed by atoms with Crippen LogP contribution in [0.5, 0.6) is 0 Å². The highest BCUT2D eigenvalue weighted by Gasteiger charge is 2.19. The summed E-state index contributed by atoms with van der Waals surface area (Å²) >= 11 is 1.31. The molecule has 2 aromatic carbocycles. The van der Waals surface area contributed by atoms with Crippen molar-refractivity contribution in [3.63, 3.8) is 0 Å². The van der Waals surface area contributed by atoms with Crippen molar-refractivity contribution in [1.29, 1.82) is 0 Å². The van der Waals surface area contributed by atoms with Crippen LogP contribution in [0.15, 0.2) is 59.8 Å². The summed E-state index contributed by atoms with van der Waals surface area (Å²) in [4.78, 5) is 12.3. The van der Waals surface area contributed by atoms with Gasteiger partial charge in [-0.25, -0.2) is 4.39 Å². The SMILES string of the molecule is O=C(CSc1nnc(-c2ccccc2F)n1CCc1ccccc1)NC[C@H]1CCCO1. The zero-order valence-corrected chi connectivity index (χ0v) is 18.0. The minimum Gasteiger partial charge on any atom is -0.376 e. The topological polar surface area (TPSA) is 69.0 Å². The largest absolute Gasteiger partial charge is 0.376 e. The van der Waals surface area contributed by atoms with Crippen LogP contribution in [-0.4, -0.2) is 45.7 Å². The van der Waals surface area contributed by atoms with E-state index in [9.17, 15) is 9.18 Å². The first kappa shape index (κ1) is 21.5. The fourth-order valence-corrected chi connectivity index (χ4v) is 4.33. The van der Waals surface area contributed by atoms with Gasteiger partial charge in [-0.15, -0.1) is 10.2 Å². The second kappa shape index (κ2) is 10.5. The Morgan fingerprint density at radius 3 is 2.74 bits per heavy atom. The van der Waals surface area contributed by atoms with Crippen LogP contribution in [-0.2, 0) is 22.5 Å². The third-order valence-corrected chi connectivity index (χ3v) is 6.15. The second-order valence-corrected chi connectivity index (χ2v) is 8.34. The maximum Gasteiger partial charge on any atom is 0.230 e. The minimum absolute atomic E-state index is 0.0782. The van der Waals surface area contributed by atoms with Crippen LogP contribution in [0, 0.1) is 5.82 Å². The van der Waals surface area contributed by atoms with Crippen molar-refractivity contribution in [2.75, 3.05) is 18.9 Å². The third kappa shape index (κ3) is 5.71. The third-order valence-electron chi connectivity index (χ3n) is 5.18. The summed E-state index contributed by atoms with van der Waals surface area (Å²) in [6.45, 7) is 1.87. The number of rotatable bonds is 9. The molecule has 8 heteroatoms. The van der Waals surface area contributed by atoms with Crippen LogP contribution >= 0.6 is 11.8 Å². The highest BCUT2D eigenvalue weighted by molar-refractivity contribution is 7.99. The van der Waals surface area contributed by atoms with E-state index in [1.165, 1.54) is 23.4 Å². The molecule has 0 bridgehead atoms. The molecule has 2 heterocycles. The minimum atomic E-state index is -0.346. The van der Waals surface area contributed by atoms with Gasteiger partial charge in [0.2, 0.25) is 5.91 Å². The van der Waals surface area contributed by atoms with E-state index in [1.54, 1.807) is 18.2 Å². The lowest BCUT2D eigenvalue weighted by atomic mass is 10.1. The predicted octanol–water partition coefficient (Wildman–Crippen LogP) is 3.71. The maximum atomic E-state index is 14.4. The molecule has 162 valence electrons. The lowest BCUT2D eigenvalue weighted by Crippen LogP contribution is -2.32. The number of hydrogen-bond donors (Lipinski definition) is 1. The zero-order valence-electron chi connectivity index (χ0n) is 17.2. The van der Waals surface area contributed by atoms with Gasteiger partial charge in [-0.05, 0) is 37.0 Å². The molecule has 1 fully saturated rings. The first-order valence-corrected chi connectivity index (χ1v) is 11.4. The van der Waals surface area contributed by atoms with E-state index in [4.69, 9.17) is 4.74 Å². The van der Waals surface area contributed by atoms with Gasteiger partial charge in [-0.2, -0.15) is 0 Å². The van der Waals surface area contributed by atoms with Crippen LogP contribution in [0.4, 0.5) is 4.39 Å². The number of carbonyl (C=O) groups is 1. The number of ether oxygens (including phenoxy) is 1. The quantitative estimate of drug-likeness (QED) is 0.514. The first-order chi connectivity index (χ1) is 15.2. The normalized spacial score (nSPS) is 15.8. The molecule has 0 unspecified atom stereocenters. The van der Waals surface area contributed by atoms with Crippen LogP contribution < -0.4 is 5.32 Å². The first-order valence-electron chi connectivity index (χ1n) is 10.4. The fourth-order valence-electron chi connectivity index (χ4n) is 3.54. The summed E-state index contributed by atoms with van der Waals surface area (Å²) in [6.07, 6.45) is 2.88. The van der Waals surface area contributed by atoms with Gasteiger partial charge in [0.1, 0.15) is 5.82 Å². The van der Waals surface area contributed by atoms with E-state index in [2.05, 4.69) is 27.6 Å². The molecule has 3 aromatic rings. The predicted molar refractivity (Wildman–Crippen MR) is 118 cm³/mol. The van der Waals surface area contributed by atoms with Crippen LogP contribution in [0.3, 0.4) is 0 Å². The molecule has 1 amide bonds. The van der Waals surface area contributed by atoms with Crippen molar-refractivity contribution in [3.8, 4) is 11.4 Å². The van der Waals surface area contributed by atoms with E-state index in [0.29, 0.717) is 29.6 Å². The molecule has 0 radical (unpaired) electrons. The number of thioether (sulfide) groups is 1. The molecule has 1 saturated heterocycles. The Morgan fingerprint density at radius 2 is 1.97 bits per heavy atom. The van der Waals surface area contributed by atoms with Gasteiger partial charge in [0, 0.05) is 19.7 Å². The van der Waals surface area contributed by atoms with Crippen LogP contribution in [0.2, 0.25) is 0 Å². The summed E-state index contributed by atoms with van der Waals surface area (Å²) in [7, 11) is 0. The highest BCUT2D eigenvalue weighted by Crippen LogP contribution is 2.26.